The maximum absolute atomic E-state index is 12.2. The molecule has 2 N–H and O–H groups in total. The number of nitrogens with one attached hydrogen (secondary N) is 2. The van der Waals surface area contributed by atoms with Crippen LogP contribution in [0, 0.1) is 20.8 Å². The van der Waals surface area contributed by atoms with Crippen molar-refractivity contribution < 1.29 is 9.53 Å². The van der Waals surface area contributed by atoms with E-state index in [9.17, 15) is 4.79 Å². The van der Waals surface area contributed by atoms with Crippen molar-refractivity contribution in [2.75, 3.05) is 17.2 Å². The van der Waals surface area contributed by atoms with Crippen LogP contribution in [0.2, 0.25) is 0 Å². The number of carbonyl (C=O) groups is 1. The number of aromatic nitrogens is 2. The van der Waals surface area contributed by atoms with Crippen LogP contribution in [0.3, 0.4) is 0 Å². The van der Waals surface area contributed by atoms with Crippen LogP contribution in [0.25, 0.3) is 0 Å². The average molecular weight is 376 g/mol. The van der Waals surface area contributed by atoms with Gasteiger partial charge in [-0.05, 0) is 63.1 Å². The summed E-state index contributed by atoms with van der Waals surface area (Å²) in [7, 11) is 0. The van der Waals surface area contributed by atoms with Crippen molar-refractivity contribution in [3.63, 3.8) is 0 Å². The van der Waals surface area contributed by atoms with Crippen molar-refractivity contribution in [1.29, 1.82) is 0 Å². The number of rotatable bonds is 6. The molecule has 144 valence electrons. The zero-order valence-electron chi connectivity index (χ0n) is 16.5. The Morgan fingerprint density at radius 1 is 0.964 bits per heavy atom. The second-order valence-electron chi connectivity index (χ2n) is 6.61. The molecule has 3 rings (SSSR count). The number of esters is 1. The number of carbonyl (C=O) groups excluding carboxylic acids is 1. The first-order chi connectivity index (χ1) is 13.4. The van der Waals surface area contributed by atoms with Gasteiger partial charge in [-0.1, -0.05) is 18.2 Å². The van der Waals surface area contributed by atoms with E-state index in [0.717, 1.165) is 11.4 Å². The van der Waals surface area contributed by atoms with Crippen LogP contribution in [0.1, 0.15) is 34.1 Å². The first-order valence-corrected chi connectivity index (χ1v) is 9.19. The first kappa shape index (κ1) is 19.4. The standard InChI is InChI=1S/C22H24N4O2/c1-5-28-21(27)18-8-6-7-9-19(18)25-22-23-16(4)13-20(26-22)24-17-11-14(2)10-15(3)12-17/h6-13H,5H2,1-4H3,(H2,23,24,25,26). The van der Waals surface area contributed by atoms with E-state index in [1.54, 1.807) is 25.1 Å². The number of hydrogen-bond donors (Lipinski definition) is 2. The third kappa shape index (κ3) is 4.85. The summed E-state index contributed by atoms with van der Waals surface area (Å²) in [4.78, 5) is 21.2. The molecule has 3 aromatic rings. The van der Waals surface area contributed by atoms with Gasteiger partial charge in [0.15, 0.2) is 0 Å². The lowest BCUT2D eigenvalue weighted by Crippen LogP contribution is -2.09. The van der Waals surface area contributed by atoms with Gasteiger partial charge in [0.25, 0.3) is 0 Å². The predicted molar refractivity (Wildman–Crippen MR) is 112 cm³/mol. The fourth-order valence-electron chi connectivity index (χ4n) is 2.98. The van der Waals surface area contributed by atoms with E-state index in [1.165, 1.54) is 11.1 Å². The molecule has 1 heterocycles. The minimum Gasteiger partial charge on any atom is -0.462 e. The van der Waals surface area contributed by atoms with Gasteiger partial charge in [0.05, 0.1) is 17.9 Å². The molecule has 0 aliphatic carbocycles. The minimum absolute atomic E-state index is 0.318. The highest BCUT2D eigenvalue weighted by atomic mass is 16.5. The van der Waals surface area contributed by atoms with Gasteiger partial charge in [0, 0.05) is 17.4 Å². The molecule has 0 saturated heterocycles. The largest absolute Gasteiger partial charge is 0.462 e. The molecule has 0 aliphatic rings. The summed E-state index contributed by atoms with van der Waals surface area (Å²) in [6.07, 6.45) is 0. The highest BCUT2D eigenvalue weighted by Crippen LogP contribution is 2.23. The molecule has 0 spiro atoms. The summed E-state index contributed by atoms with van der Waals surface area (Å²) in [6.45, 7) is 8.11. The molecule has 28 heavy (non-hydrogen) atoms. The van der Waals surface area contributed by atoms with Gasteiger partial charge >= 0.3 is 5.97 Å². The molecule has 6 nitrogen and oxygen atoms in total. The zero-order chi connectivity index (χ0) is 20.1. The Bertz CT molecular complexity index is 981. The van der Waals surface area contributed by atoms with Gasteiger partial charge in [-0.3, -0.25) is 0 Å². The van der Waals surface area contributed by atoms with E-state index in [2.05, 4.69) is 52.6 Å². The molecule has 2 aromatic carbocycles. The predicted octanol–water partition coefficient (Wildman–Crippen LogP) is 5.07. The van der Waals surface area contributed by atoms with Crippen LogP contribution in [-0.2, 0) is 4.74 Å². The van der Waals surface area contributed by atoms with Gasteiger partial charge in [-0.15, -0.1) is 0 Å². The molecule has 6 heteroatoms. The van der Waals surface area contributed by atoms with Crippen molar-refractivity contribution in [3.05, 3.63) is 70.9 Å². The van der Waals surface area contributed by atoms with Crippen LogP contribution in [0.15, 0.2) is 48.5 Å². The normalized spacial score (nSPS) is 10.4. The molecular formula is C22H24N4O2. The third-order valence-electron chi connectivity index (χ3n) is 4.02. The average Bonchev–Trinajstić information content (AvgIpc) is 2.61. The molecule has 0 saturated carbocycles. The lowest BCUT2D eigenvalue weighted by atomic mass is 10.1. The first-order valence-electron chi connectivity index (χ1n) is 9.19. The summed E-state index contributed by atoms with van der Waals surface area (Å²) >= 11 is 0. The van der Waals surface area contributed by atoms with E-state index < -0.39 is 0 Å². The molecule has 0 atom stereocenters. The molecule has 0 aliphatic heterocycles. The summed E-state index contributed by atoms with van der Waals surface area (Å²) in [5, 5.41) is 6.47. The summed E-state index contributed by atoms with van der Waals surface area (Å²) in [5.41, 5.74) is 5.17. The Morgan fingerprint density at radius 3 is 2.39 bits per heavy atom. The topological polar surface area (TPSA) is 76.1 Å². The number of ether oxygens (including phenoxy) is 1. The number of para-hydroxylation sites is 1. The van der Waals surface area contributed by atoms with E-state index in [0.29, 0.717) is 29.6 Å². The van der Waals surface area contributed by atoms with Crippen molar-refractivity contribution in [2.45, 2.75) is 27.7 Å². The molecule has 0 radical (unpaired) electrons. The highest BCUT2D eigenvalue weighted by Gasteiger charge is 2.13. The third-order valence-corrected chi connectivity index (χ3v) is 4.02. The molecule has 0 fully saturated rings. The number of nitrogens with zero attached hydrogens (tertiary/aromatic N) is 2. The number of anilines is 4. The Morgan fingerprint density at radius 2 is 1.68 bits per heavy atom. The second-order valence-corrected chi connectivity index (χ2v) is 6.61. The minimum atomic E-state index is -0.383. The highest BCUT2D eigenvalue weighted by molar-refractivity contribution is 5.96. The van der Waals surface area contributed by atoms with Crippen LogP contribution in [0.4, 0.5) is 23.1 Å². The van der Waals surface area contributed by atoms with E-state index in [-0.39, 0.29) is 5.97 Å². The zero-order valence-corrected chi connectivity index (χ0v) is 16.5. The maximum atomic E-state index is 12.2. The molecule has 1 aromatic heterocycles. The van der Waals surface area contributed by atoms with Gasteiger partial charge in [0.1, 0.15) is 5.82 Å². The van der Waals surface area contributed by atoms with Crippen LogP contribution < -0.4 is 10.6 Å². The maximum Gasteiger partial charge on any atom is 0.340 e. The van der Waals surface area contributed by atoms with E-state index >= 15 is 0 Å². The Labute approximate surface area is 165 Å². The fraction of sp³-hybridized carbons (Fsp3) is 0.227. The Kier molecular flexibility index (Phi) is 5.89. The van der Waals surface area contributed by atoms with Gasteiger partial charge in [-0.25, -0.2) is 9.78 Å². The van der Waals surface area contributed by atoms with Crippen molar-refractivity contribution in [1.82, 2.24) is 9.97 Å². The monoisotopic (exact) mass is 376 g/mol. The van der Waals surface area contributed by atoms with Crippen molar-refractivity contribution in [3.8, 4) is 0 Å². The van der Waals surface area contributed by atoms with Crippen LogP contribution in [-0.4, -0.2) is 22.5 Å². The van der Waals surface area contributed by atoms with Gasteiger partial charge in [-0.2, -0.15) is 4.98 Å². The number of aryl methyl sites for hydroxylation is 3. The lowest BCUT2D eigenvalue weighted by molar-refractivity contribution is 0.0527. The molecule has 0 unspecified atom stereocenters. The summed E-state index contributed by atoms with van der Waals surface area (Å²) < 4.78 is 5.12. The second kappa shape index (κ2) is 8.52. The number of hydrogen-bond acceptors (Lipinski definition) is 6. The fourth-order valence-corrected chi connectivity index (χ4v) is 2.98. The Balaban J connectivity index is 1.87. The Hall–Kier alpha value is -3.41. The smallest absolute Gasteiger partial charge is 0.340 e. The summed E-state index contributed by atoms with van der Waals surface area (Å²) in [5.74, 6) is 0.698. The molecular weight excluding hydrogens is 352 g/mol. The van der Waals surface area contributed by atoms with Crippen LogP contribution in [0.5, 0.6) is 0 Å². The molecule has 0 amide bonds. The van der Waals surface area contributed by atoms with E-state index in [1.807, 2.05) is 19.1 Å². The lowest BCUT2D eigenvalue weighted by Gasteiger charge is -2.13. The van der Waals surface area contributed by atoms with E-state index in [4.69, 9.17) is 4.74 Å². The molecule has 0 bridgehead atoms. The van der Waals surface area contributed by atoms with Crippen molar-refractivity contribution in [2.24, 2.45) is 0 Å². The van der Waals surface area contributed by atoms with Gasteiger partial charge in [0.2, 0.25) is 5.95 Å². The number of benzene rings is 2. The van der Waals surface area contributed by atoms with Crippen molar-refractivity contribution >= 4 is 29.1 Å². The quantitative estimate of drug-likeness (QED) is 0.585. The SMILES string of the molecule is CCOC(=O)c1ccccc1Nc1nc(C)cc(Nc2cc(C)cc(C)c2)n1. The van der Waals surface area contributed by atoms with Crippen LogP contribution >= 0.6 is 0 Å². The summed E-state index contributed by atoms with van der Waals surface area (Å²) in [6, 6.07) is 15.3. The van der Waals surface area contributed by atoms with Gasteiger partial charge < -0.3 is 15.4 Å².